The molecule has 3 aliphatic rings. The largest absolute Gasteiger partial charge is 0.466 e. The lowest BCUT2D eigenvalue weighted by molar-refractivity contribution is -0.196. The van der Waals surface area contributed by atoms with E-state index in [4.69, 9.17) is 18.9 Å². The topological polar surface area (TPSA) is 74.3 Å². The minimum absolute atomic E-state index is 0.0166. The van der Waals surface area contributed by atoms with E-state index in [-0.39, 0.29) is 30.3 Å². The Morgan fingerprint density at radius 2 is 0.983 bits per heavy atom. The van der Waals surface area contributed by atoms with Crippen molar-refractivity contribution in [3.63, 3.8) is 0 Å². The summed E-state index contributed by atoms with van der Waals surface area (Å²) in [4.78, 5) is 27.8. The molecule has 0 N–H and O–H groups in total. The quantitative estimate of drug-likeness (QED) is 0.0450. The molecule has 0 amide bonds. The maximum Gasteiger partial charge on any atom is 0.306 e. The lowest BCUT2D eigenvalue weighted by Crippen LogP contribution is -2.43. The molecule has 2 saturated carbocycles. The van der Waals surface area contributed by atoms with Gasteiger partial charge in [-0.05, 0) is 90.6 Å². The number of esters is 2. The lowest BCUT2D eigenvalue weighted by atomic mass is 9.90. The molecule has 59 heavy (non-hydrogen) atoms. The molecular formula is C52H97NO6. The Bertz CT molecular complexity index is 1040. The van der Waals surface area contributed by atoms with Gasteiger partial charge in [0.15, 0.2) is 5.79 Å². The summed E-state index contributed by atoms with van der Waals surface area (Å²) in [6.07, 6.45) is 43.0. The van der Waals surface area contributed by atoms with E-state index in [1.807, 2.05) is 0 Å². The number of ether oxygens (including phenoxy) is 4. The van der Waals surface area contributed by atoms with Gasteiger partial charge in [-0.3, -0.25) is 9.59 Å². The van der Waals surface area contributed by atoms with E-state index in [2.05, 4.69) is 39.8 Å². The number of fused-ring (bicyclic) bond motifs is 5. The molecule has 2 bridgehead atoms. The number of carbonyl (C=O) groups is 2. The van der Waals surface area contributed by atoms with E-state index in [1.165, 1.54) is 135 Å². The fourth-order valence-corrected chi connectivity index (χ4v) is 10.5. The number of nitrogens with zero attached hydrogens (tertiary/aromatic N) is 1. The van der Waals surface area contributed by atoms with Crippen molar-refractivity contribution in [2.75, 3.05) is 20.7 Å². The van der Waals surface area contributed by atoms with Crippen LogP contribution in [0.2, 0.25) is 0 Å². The van der Waals surface area contributed by atoms with E-state index < -0.39 is 5.79 Å². The van der Waals surface area contributed by atoms with Gasteiger partial charge in [-0.25, -0.2) is 0 Å². The highest BCUT2D eigenvalue weighted by Crippen LogP contribution is 2.56. The van der Waals surface area contributed by atoms with Gasteiger partial charge in [-0.2, -0.15) is 0 Å². The van der Waals surface area contributed by atoms with Crippen molar-refractivity contribution >= 4 is 11.9 Å². The Kier molecular flexibility index (Phi) is 28.7. The van der Waals surface area contributed by atoms with Crippen molar-refractivity contribution < 1.29 is 28.5 Å². The van der Waals surface area contributed by atoms with Crippen LogP contribution < -0.4 is 0 Å². The normalized spacial score (nSPS) is 23.5. The summed E-state index contributed by atoms with van der Waals surface area (Å²) in [5.74, 6) is 0.661. The molecule has 0 aromatic heterocycles. The smallest absolute Gasteiger partial charge is 0.306 e. The van der Waals surface area contributed by atoms with Crippen molar-refractivity contribution in [1.29, 1.82) is 0 Å². The van der Waals surface area contributed by atoms with E-state index in [9.17, 15) is 9.59 Å². The highest BCUT2D eigenvalue weighted by Gasteiger charge is 2.62. The van der Waals surface area contributed by atoms with Crippen LogP contribution in [0.1, 0.15) is 258 Å². The van der Waals surface area contributed by atoms with Crippen LogP contribution in [0.3, 0.4) is 0 Å². The van der Waals surface area contributed by atoms with E-state index >= 15 is 0 Å². The highest BCUT2D eigenvalue weighted by atomic mass is 16.8. The third-order valence-corrected chi connectivity index (χ3v) is 14.1. The Morgan fingerprint density at radius 1 is 0.542 bits per heavy atom. The molecule has 6 atom stereocenters. The van der Waals surface area contributed by atoms with Gasteiger partial charge in [0.1, 0.15) is 6.10 Å². The van der Waals surface area contributed by atoms with Gasteiger partial charge >= 0.3 is 11.9 Å². The summed E-state index contributed by atoms with van der Waals surface area (Å²) in [7, 11) is 4.44. The summed E-state index contributed by atoms with van der Waals surface area (Å²) < 4.78 is 25.7. The first-order valence-corrected chi connectivity index (χ1v) is 26.2. The van der Waals surface area contributed by atoms with Crippen LogP contribution in [0.15, 0.2) is 0 Å². The van der Waals surface area contributed by atoms with Crippen molar-refractivity contribution in [2.24, 2.45) is 11.8 Å². The van der Waals surface area contributed by atoms with E-state index in [0.717, 1.165) is 89.9 Å². The van der Waals surface area contributed by atoms with Gasteiger partial charge in [0, 0.05) is 37.6 Å². The molecule has 2 unspecified atom stereocenters. The summed E-state index contributed by atoms with van der Waals surface area (Å²) in [5, 5.41) is 0. The predicted molar refractivity (Wildman–Crippen MR) is 246 cm³/mol. The van der Waals surface area contributed by atoms with Gasteiger partial charge in [-0.1, -0.05) is 162 Å². The minimum atomic E-state index is -0.491. The monoisotopic (exact) mass is 832 g/mol. The summed E-state index contributed by atoms with van der Waals surface area (Å²) in [5.41, 5.74) is 0. The minimum Gasteiger partial charge on any atom is -0.466 e. The Hall–Kier alpha value is -1.18. The van der Waals surface area contributed by atoms with Crippen LogP contribution in [-0.2, 0) is 28.5 Å². The first kappa shape index (κ1) is 52.2. The van der Waals surface area contributed by atoms with Gasteiger partial charge in [-0.15, -0.1) is 0 Å². The second kappa shape index (κ2) is 32.5. The maximum absolute atomic E-state index is 12.9. The SMILES string of the molecule is CCCCCCCCCCCOC(=O)CCCCCC1(CCCCCCCC(=O)OC(CCCCCCCC)CCCCCCCC)O[C@H]2[C@@H]3CC(N(C)C)[C@@H](C3)[C@H]2O1. The third-order valence-electron chi connectivity index (χ3n) is 14.1. The molecule has 3 fully saturated rings. The van der Waals surface area contributed by atoms with Crippen LogP contribution >= 0.6 is 0 Å². The zero-order valence-corrected chi connectivity index (χ0v) is 39.7. The Labute approximate surface area is 365 Å². The Morgan fingerprint density at radius 3 is 1.53 bits per heavy atom. The molecule has 2 aliphatic carbocycles. The van der Waals surface area contributed by atoms with Crippen LogP contribution in [-0.4, -0.2) is 67.7 Å². The van der Waals surface area contributed by atoms with Crippen LogP contribution in [0.25, 0.3) is 0 Å². The molecule has 1 aliphatic heterocycles. The van der Waals surface area contributed by atoms with Crippen molar-refractivity contribution in [1.82, 2.24) is 4.90 Å². The number of carbonyl (C=O) groups excluding carboxylic acids is 2. The predicted octanol–water partition coefficient (Wildman–Crippen LogP) is 14.6. The van der Waals surface area contributed by atoms with Crippen molar-refractivity contribution in [2.45, 2.75) is 288 Å². The molecule has 0 radical (unpaired) electrons. The molecule has 346 valence electrons. The number of unbranched alkanes of at least 4 members (excludes halogenated alkanes) is 24. The van der Waals surface area contributed by atoms with Crippen LogP contribution in [0, 0.1) is 11.8 Å². The first-order chi connectivity index (χ1) is 28.8. The first-order valence-electron chi connectivity index (χ1n) is 26.2. The second-order valence-corrected chi connectivity index (χ2v) is 19.6. The van der Waals surface area contributed by atoms with Crippen molar-refractivity contribution in [3.8, 4) is 0 Å². The zero-order chi connectivity index (χ0) is 42.4. The van der Waals surface area contributed by atoms with E-state index in [1.54, 1.807) is 0 Å². The summed E-state index contributed by atoms with van der Waals surface area (Å²) in [6, 6.07) is 0.593. The fraction of sp³-hybridized carbons (Fsp3) is 0.962. The van der Waals surface area contributed by atoms with Crippen LogP contribution in [0.4, 0.5) is 0 Å². The molecule has 7 nitrogen and oxygen atoms in total. The molecule has 7 heteroatoms. The summed E-state index contributed by atoms with van der Waals surface area (Å²) in [6.45, 7) is 7.37. The second-order valence-electron chi connectivity index (χ2n) is 19.6. The van der Waals surface area contributed by atoms with Gasteiger partial charge < -0.3 is 23.8 Å². The summed E-state index contributed by atoms with van der Waals surface area (Å²) >= 11 is 0. The molecule has 1 heterocycles. The molecule has 0 aromatic carbocycles. The molecule has 1 saturated heterocycles. The fourth-order valence-electron chi connectivity index (χ4n) is 10.5. The lowest BCUT2D eigenvalue weighted by Gasteiger charge is -2.33. The number of rotatable bonds is 40. The molecule has 3 rings (SSSR count). The maximum atomic E-state index is 12.9. The van der Waals surface area contributed by atoms with Gasteiger partial charge in [0.05, 0.1) is 18.8 Å². The van der Waals surface area contributed by atoms with Gasteiger partial charge in [0.2, 0.25) is 0 Å². The standard InChI is InChI=1S/C52H97NO6/c1-6-9-12-15-18-19-20-26-34-41-56-48(54)37-31-27-33-40-52(58-50-44-42-46(51(50)59-52)47(43-44)53(4)5)39-32-25-21-24-30-38-49(55)57-45(35-28-22-16-13-10-7-2)36-29-23-17-14-11-8-3/h44-47,50-51H,6-43H2,1-5H3/t44-,46+,47?,50-,51+,52?/m0/s1. The molecular weight excluding hydrogens is 735 g/mol. The average Bonchev–Trinajstić information content (AvgIpc) is 3.92. The van der Waals surface area contributed by atoms with Gasteiger partial charge in [0.25, 0.3) is 0 Å². The Balaban J connectivity index is 1.33. The molecule has 0 aromatic rings. The number of hydrogen-bond donors (Lipinski definition) is 0. The van der Waals surface area contributed by atoms with Crippen molar-refractivity contribution in [3.05, 3.63) is 0 Å². The molecule has 0 spiro atoms. The average molecular weight is 832 g/mol. The highest BCUT2D eigenvalue weighted by molar-refractivity contribution is 5.69. The number of hydrogen-bond acceptors (Lipinski definition) is 7. The zero-order valence-electron chi connectivity index (χ0n) is 39.7. The van der Waals surface area contributed by atoms with Crippen LogP contribution in [0.5, 0.6) is 0 Å². The third kappa shape index (κ3) is 21.6. The van der Waals surface area contributed by atoms with E-state index in [0.29, 0.717) is 37.3 Å².